The van der Waals surface area contributed by atoms with Gasteiger partial charge in [-0.3, -0.25) is 0 Å². The topological polar surface area (TPSA) is 47.0 Å². The van der Waals surface area contributed by atoms with E-state index in [2.05, 4.69) is 34.3 Å². The van der Waals surface area contributed by atoms with E-state index in [0.717, 1.165) is 30.3 Å². The first-order chi connectivity index (χ1) is 9.31. The highest BCUT2D eigenvalue weighted by Gasteiger charge is 2.05. The van der Waals surface area contributed by atoms with E-state index in [-0.39, 0.29) is 0 Å². The Hall–Kier alpha value is -1.94. The molecule has 1 N–H and O–H groups in total. The van der Waals surface area contributed by atoms with E-state index in [1.165, 1.54) is 5.56 Å². The minimum absolute atomic E-state index is 0.503. The second kappa shape index (κ2) is 6.85. The fraction of sp³-hybridized carbons (Fsp3) is 0.333. The highest BCUT2D eigenvalue weighted by molar-refractivity contribution is 5.36. The molecule has 0 aliphatic rings. The molecule has 0 saturated carbocycles. The summed E-state index contributed by atoms with van der Waals surface area (Å²) in [6, 6.07) is 12.2. The van der Waals surface area contributed by atoms with Gasteiger partial charge in [-0.1, -0.05) is 30.3 Å². The number of hydrogen-bond donors (Lipinski definition) is 1. The lowest BCUT2D eigenvalue weighted by molar-refractivity contribution is 0.181. The van der Waals surface area contributed by atoms with Crippen LogP contribution in [0.5, 0.6) is 0 Å². The van der Waals surface area contributed by atoms with Crippen molar-refractivity contribution in [2.45, 2.75) is 20.0 Å². The van der Waals surface area contributed by atoms with Gasteiger partial charge in [-0.25, -0.2) is 9.97 Å². The zero-order chi connectivity index (χ0) is 13.5. The van der Waals surface area contributed by atoms with Crippen molar-refractivity contribution in [3.8, 4) is 0 Å². The summed E-state index contributed by atoms with van der Waals surface area (Å²) in [7, 11) is 1.67. The summed E-state index contributed by atoms with van der Waals surface area (Å²) in [5.41, 5.74) is 2.11. The molecule has 1 heterocycles. The Morgan fingerprint density at radius 3 is 2.63 bits per heavy atom. The van der Waals surface area contributed by atoms with Crippen molar-refractivity contribution in [3.05, 3.63) is 53.5 Å². The van der Waals surface area contributed by atoms with Crippen LogP contribution in [-0.4, -0.2) is 23.6 Å². The average molecular weight is 257 g/mol. The molecule has 4 heteroatoms. The minimum atomic E-state index is 0.503. The Labute approximate surface area is 113 Å². The van der Waals surface area contributed by atoms with Crippen molar-refractivity contribution in [1.29, 1.82) is 0 Å². The monoisotopic (exact) mass is 257 g/mol. The molecule has 0 aliphatic carbocycles. The van der Waals surface area contributed by atoms with Crippen molar-refractivity contribution in [3.63, 3.8) is 0 Å². The van der Waals surface area contributed by atoms with Gasteiger partial charge in [0.15, 0.2) is 0 Å². The third-order valence-corrected chi connectivity index (χ3v) is 2.68. The number of hydrogen-bond acceptors (Lipinski definition) is 4. The van der Waals surface area contributed by atoms with E-state index in [0.29, 0.717) is 6.61 Å². The van der Waals surface area contributed by atoms with Gasteiger partial charge in [-0.15, -0.1) is 0 Å². The largest absolute Gasteiger partial charge is 0.378 e. The van der Waals surface area contributed by atoms with E-state index in [1.807, 2.05) is 24.3 Å². The van der Waals surface area contributed by atoms with Gasteiger partial charge < -0.3 is 10.1 Å². The van der Waals surface area contributed by atoms with Gasteiger partial charge in [0.25, 0.3) is 0 Å². The predicted molar refractivity (Wildman–Crippen MR) is 76.2 cm³/mol. The van der Waals surface area contributed by atoms with Gasteiger partial charge >= 0.3 is 0 Å². The number of nitrogens with zero attached hydrogens (tertiary/aromatic N) is 2. The minimum Gasteiger partial charge on any atom is -0.378 e. The van der Waals surface area contributed by atoms with Gasteiger partial charge in [-0.2, -0.15) is 0 Å². The zero-order valence-corrected chi connectivity index (χ0v) is 11.4. The van der Waals surface area contributed by atoms with Gasteiger partial charge in [0.05, 0.1) is 12.3 Å². The van der Waals surface area contributed by atoms with Crippen LogP contribution in [0.15, 0.2) is 36.4 Å². The summed E-state index contributed by atoms with van der Waals surface area (Å²) in [6.45, 7) is 3.39. The summed E-state index contributed by atoms with van der Waals surface area (Å²) in [6.07, 6.45) is 0.733. The van der Waals surface area contributed by atoms with Gasteiger partial charge in [0.1, 0.15) is 11.6 Å². The molecule has 1 aromatic heterocycles. The lowest BCUT2D eigenvalue weighted by Crippen LogP contribution is -2.07. The van der Waals surface area contributed by atoms with Crippen LogP contribution >= 0.6 is 0 Å². The number of aromatic nitrogens is 2. The maximum absolute atomic E-state index is 5.15. The predicted octanol–water partition coefficient (Wildman–Crippen LogP) is 2.65. The molecule has 0 radical (unpaired) electrons. The van der Waals surface area contributed by atoms with Crippen LogP contribution < -0.4 is 5.32 Å². The standard InChI is InChI=1S/C15H19N3O/c1-3-16-14-10-13(11-19-2)17-15(18-14)9-12-7-5-4-6-8-12/h4-8,10H,3,9,11H2,1-2H3,(H,16,17,18). The first kappa shape index (κ1) is 13.5. The smallest absolute Gasteiger partial charge is 0.135 e. The van der Waals surface area contributed by atoms with E-state index < -0.39 is 0 Å². The summed E-state index contributed by atoms with van der Waals surface area (Å²) in [5.74, 6) is 1.67. The fourth-order valence-electron chi connectivity index (χ4n) is 1.90. The van der Waals surface area contributed by atoms with E-state index >= 15 is 0 Å². The molecule has 0 unspecified atom stereocenters. The maximum Gasteiger partial charge on any atom is 0.135 e. The molecule has 19 heavy (non-hydrogen) atoms. The van der Waals surface area contributed by atoms with Crippen LogP contribution in [0.1, 0.15) is 24.0 Å². The second-order valence-corrected chi connectivity index (χ2v) is 4.29. The Morgan fingerprint density at radius 1 is 1.16 bits per heavy atom. The van der Waals surface area contributed by atoms with Crippen molar-refractivity contribution in [1.82, 2.24) is 9.97 Å². The van der Waals surface area contributed by atoms with Crippen molar-refractivity contribution < 1.29 is 4.74 Å². The van der Waals surface area contributed by atoms with Crippen molar-refractivity contribution in [2.75, 3.05) is 19.0 Å². The Balaban J connectivity index is 2.23. The number of rotatable bonds is 6. The molecule has 0 bridgehead atoms. The third-order valence-electron chi connectivity index (χ3n) is 2.68. The molecule has 2 aromatic rings. The first-order valence-electron chi connectivity index (χ1n) is 6.45. The molecule has 0 saturated heterocycles. The van der Waals surface area contributed by atoms with Gasteiger partial charge in [0, 0.05) is 26.1 Å². The molecule has 0 amide bonds. The van der Waals surface area contributed by atoms with Crippen LogP contribution in [0, 0.1) is 0 Å². The molecule has 4 nitrogen and oxygen atoms in total. The van der Waals surface area contributed by atoms with E-state index in [4.69, 9.17) is 4.74 Å². The Kier molecular flexibility index (Phi) is 4.86. The molecule has 2 rings (SSSR count). The summed E-state index contributed by atoms with van der Waals surface area (Å²) in [5, 5.41) is 3.23. The van der Waals surface area contributed by atoms with Crippen molar-refractivity contribution >= 4 is 5.82 Å². The lowest BCUT2D eigenvalue weighted by Gasteiger charge is -2.08. The Morgan fingerprint density at radius 2 is 1.95 bits per heavy atom. The quantitative estimate of drug-likeness (QED) is 0.864. The Bertz CT molecular complexity index is 490. The number of methoxy groups -OCH3 is 1. The number of nitrogens with one attached hydrogen (secondary N) is 1. The SMILES string of the molecule is CCNc1cc(COC)nc(Cc2ccccc2)n1. The number of ether oxygens (including phenoxy) is 1. The molecule has 0 aliphatic heterocycles. The number of anilines is 1. The molecule has 1 aromatic carbocycles. The summed E-state index contributed by atoms with van der Waals surface area (Å²) >= 11 is 0. The van der Waals surface area contributed by atoms with Crippen LogP contribution in [0.3, 0.4) is 0 Å². The second-order valence-electron chi connectivity index (χ2n) is 4.29. The molecule has 0 fully saturated rings. The molecule has 0 spiro atoms. The van der Waals surface area contributed by atoms with Gasteiger partial charge in [-0.05, 0) is 12.5 Å². The van der Waals surface area contributed by atoms with Gasteiger partial charge in [0.2, 0.25) is 0 Å². The van der Waals surface area contributed by atoms with Crippen LogP contribution in [0.25, 0.3) is 0 Å². The molecular formula is C15H19N3O. The van der Waals surface area contributed by atoms with Crippen LogP contribution in [0.4, 0.5) is 5.82 Å². The zero-order valence-electron chi connectivity index (χ0n) is 11.4. The highest BCUT2D eigenvalue weighted by Crippen LogP contribution is 2.11. The average Bonchev–Trinajstić information content (AvgIpc) is 2.40. The normalized spacial score (nSPS) is 10.4. The lowest BCUT2D eigenvalue weighted by atomic mass is 10.1. The molecule has 0 atom stereocenters. The van der Waals surface area contributed by atoms with Crippen LogP contribution in [-0.2, 0) is 17.8 Å². The third kappa shape index (κ3) is 4.03. The number of benzene rings is 1. The fourth-order valence-corrected chi connectivity index (χ4v) is 1.90. The highest BCUT2D eigenvalue weighted by atomic mass is 16.5. The maximum atomic E-state index is 5.15. The summed E-state index contributed by atoms with van der Waals surface area (Å²) < 4.78 is 5.15. The molecular weight excluding hydrogens is 238 g/mol. The van der Waals surface area contributed by atoms with Crippen LogP contribution in [0.2, 0.25) is 0 Å². The van der Waals surface area contributed by atoms with Crippen molar-refractivity contribution in [2.24, 2.45) is 0 Å². The summed E-state index contributed by atoms with van der Waals surface area (Å²) in [4.78, 5) is 9.05. The first-order valence-corrected chi connectivity index (χ1v) is 6.45. The van der Waals surface area contributed by atoms with E-state index in [9.17, 15) is 0 Å². The molecule has 100 valence electrons. The van der Waals surface area contributed by atoms with E-state index in [1.54, 1.807) is 7.11 Å².